The Hall–Kier alpha value is -2.43. The van der Waals surface area contributed by atoms with Gasteiger partial charge in [0.05, 0.1) is 17.8 Å². The molecule has 18 heavy (non-hydrogen) atoms. The van der Waals surface area contributed by atoms with Crippen LogP contribution in [-0.2, 0) is 6.54 Å². The maximum atomic E-state index is 11.7. The lowest BCUT2D eigenvalue weighted by Gasteiger charge is -2.05. The van der Waals surface area contributed by atoms with Crippen LogP contribution >= 0.6 is 0 Å². The van der Waals surface area contributed by atoms with Crippen molar-refractivity contribution >= 4 is 5.97 Å². The molecule has 2 rings (SSSR count). The molecule has 0 aliphatic heterocycles. The fraction of sp³-hybridized carbons (Fsp3) is 0.154. The molecule has 0 aromatic carbocycles. The van der Waals surface area contributed by atoms with E-state index in [0.29, 0.717) is 12.2 Å². The maximum absolute atomic E-state index is 11.7. The first-order chi connectivity index (χ1) is 8.56. The Labute approximate surface area is 103 Å². The molecule has 0 atom stereocenters. The van der Waals surface area contributed by atoms with Crippen LogP contribution in [-0.4, -0.2) is 20.6 Å². The molecule has 0 aliphatic rings. The molecule has 0 unspecified atom stereocenters. The first kappa shape index (κ1) is 12.0. The van der Waals surface area contributed by atoms with Crippen molar-refractivity contribution in [3.05, 3.63) is 63.8 Å². The molecule has 0 amide bonds. The Bertz CT molecular complexity index is 629. The summed E-state index contributed by atoms with van der Waals surface area (Å²) in [6.45, 7) is 2.19. The van der Waals surface area contributed by atoms with Gasteiger partial charge in [-0.2, -0.15) is 0 Å². The number of aromatic carboxylic acids is 1. The average molecular weight is 244 g/mol. The van der Waals surface area contributed by atoms with Crippen LogP contribution in [0, 0.1) is 6.92 Å². The Morgan fingerprint density at radius 1 is 1.39 bits per heavy atom. The van der Waals surface area contributed by atoms with Crippen LogP contribution in [0.4, 0.5) is 0 Å². The Morgan fingerprint density at radius 3 is 2.72 bits per heavy atom. The third-order valence-electron chi connectivity index (χ3n) is 2.56. The number of pyridine rings is 2. The van der Waals surface area contributed by atoms with Gasteiger partial charge in [0, 0.05) is 18.5 Å². The highest BCUT2D eigenvalue weighted by molar-refractivity contribution is 5.87. The number of aryl methyl sites for hydroxylation is 1. The van der Waals surface area contributed by atoms with Gasteiger partial charge in [-0.3, -0.25) is 9.78 Å². The van der Waals surface area contributed by atoms with Crippen LogP contribution in [0.5, 0.6) is 0 Å². The summed E-state index contributed by atoms with van der Waals surface area (Å²) in [7, 11) is 0. The van der Waals surface area contributed by atoms with Crippen molar-refractivity contribution in [2.75, 3.05) is 0 Å². The number of aromatic nitrogens is 2. The molecule has 0 radical (unpaired) electrons. The van der Waals surface area contributed by atoms with Gasteiger partial charge in [-0.15, -0.1) is 0 Å². The van der Waals surface area contributed by atoms with Gasteiger partial charge >= 0.3 is 5.97 Å². The summed E-state index contributed by atoms with van der Waals surface area (Å²) in [5, 5.41) is 8.74. The number of rotatable bonds is 3. The van der Waals surface area contributed by atoms with E-state index in [1.54, 1.807) is 18.3 Å². The van der Waals surface area contributed by atoms with Gasteiger partial charge in [-0.1, -0.05) is 0 Å². The summed E-state index contributed by atoms with van der Waals surface area (Å²) in [5.41, 5.74) is 1.59. The molecule has 2 aromatic rings. The van der Waals surface area contributed by atoms with E-state index < -0.39 is 5.97 Å². The summed E-state index contributed by atoms with van der Waals surface area (Å²) >= 11 is 0. The van der Waals surface area contributed by atoms with Crippen LogP contribution in [0.25, 0.3) is 0 Å². The highest BCUT2D eigenvalue weighted by atomic mass is 16.4. The number of hydrogen-bond acceptors (Lipinski definition) is 3. The molecule has 0 fully saturated rings. The smallest absolute Gasteiger partial charge is 0.337 e. The molecular weight excluding hydrogens is 232 g/mol. The molecular formula is C13H12N2O3. The minimum atomic E-state index is -1.01. The SMILES string of the molecule is Cc1ccn(Cc2ccc(C(=O)O)cn2)c(=O)c1. The molecule has 1 N–H and O–H groups in total. The monoisotopic (exact) mass is 244 g/mol. The fourth-order valence-corrected chi connectivity index (χ4v) is 1.56. The van der Waals surface area contributed by atoms with Crippen LogP contribution in [0.1, 0.15) is 21.6 Å². The van der Waals surface area contributed by atoms with Crippen molar-refractivity contribution in [3.63, 3.8) is 0 Å². The van der Waals surface area contributed by atoms with Gasteiger partial charge in [0.25, 0.3) is 5.56 Å². The summed E-state index contributed by atoms with van der Waals surface area (Å²) in [4.78, 5) is 26.3. The first-order valence-corrected chi connectivity index (χ1v) is 5.41. The molecule has 0 aliphatic carbocycles. The summed E-state index contributed by atoms with van der Waals surface area (Å²) in [5.74, 6) is -1.01. The van der Waals surface area contributed by atoms with Crippen LogP contribution in [0.2, 0.25) is 0 Å². The molecule has 0 bridgehead atoms. The molecule has 2 heterocycles. The highest BCUT2D eigenvalue weighted by Crippen LogP contribution is 2.02. The minimum absolute atomic E-state index is 0.0980. The highest BCUT2D eigenvalue weighted by Gasteiger charge is 2.04. The van der Waals surface area contributed by atoms with Crippen molar-refractivity contribution in [2.45, 2.75) is 13.5 Å². The van der Waals surface area contributed by atoms with Gasteiger partial charge in [0.1, 0.15) is 0 Å². The van der Waals surface area contributed by atoms with Crippen LogP contribution in [0.3, 0.4) is 0 Å². The summed E-state index contributed by atoms with van der Waals surface area (Å²) in [6.07, 6.45) is 2.99. The number of carbonyl (C=O) groups is 1. The zero-order valence-corrected chi connectivity index (χ0v) is 9.83. The zero-order valence-electron chi connectivity index (χ0n) is 9.83. The third-order valence-corrected chi connectivity index (χ3v) is 2.56. The van der Waals surface area contributed by atoms with E-state index in [1.807, 2.05) is 13.0 Å². The van der Waals surface area contributed by atoms with E-state index in [4.69, 9.17) is 5.11 Å². The summed E-state index contributed by atoms with van der Waals surface area (Å²) in [6, 6.07) is 6.47. The van der Waals surface area contributed by atoms with E-state index in [0.717, 1.165) is 5.56 Å². The van der Waals surface area contributed by atoms with Crippen LogP contribution in [0.15, 0.2) is 41.5 Å². The third kappa shape index (κ3) is 2.63. The maximum Gasteiger partial charge on any atom is 0.337 e. The second kappa shape index (κ2) is 4.83. The van der Waals surface area contributed by atoms with Crippen molar-refractivity contribution in [2.24, 2.45) is 0 Å². The Balaban J connectivity index is 2.23. The molecule has 0 saturated carbocycles. The second-order valence-corrected chi connectivity index (χ2v) is 4.01. The predicted molar refractivity (Wildman–Crippen MR) is 65.7 cm³/mol. The topological polar surface area (TPSA) is 72.2 Å². The van der Waals surface area contributed by atoms with Crippen LogP contribution < -0.4 is 5.56 Å². The lowest BCUT2D eigenvalue weighted by atomic mass is 10.2. The van der Waals surface area contributed by atoms with Crippen molar-refractivity contribution < 1.29 is 9.90 Å². The lowest BCUT2D eigenvalue weighted by Crippen LogP contribution is -2.19. The van der Waals surface area contributed by atoms with E-state index in [-0.39, 0.29) is 11.1 Å². The Morgan fingerprint density at radius 2 is 2.17 bits per heavy atom. The normalized spacial score (nSPS) is 10.3. The number of carboxylic acid groups (broad SMARTS) is 1. The standard InChI is InChI=1S/C13H12N2O3/c1-9-4-5-15(12(16)6-9)8-11-3-2-10(7-14-11)13(17)18/h2-7H,8H2,1H3,(H,17,18). The van der Waals surface area contributed by atoms with Gasteiger partial charge in [-0.25, -0.2) is 4.79 Å². The first-order valence-electron chi connectivity index (χ1n) is 5.41. The van der Waals surface area contributed by atoms with Crippen molar-refractivity contribution in [1.29, 1.82) is 0 Å². The molecule has 2 aromatic heterocycles. The Kier molecular flexibility index (Phi) is 3.23. The molecule has 5 heteroatoms. The van der Waals surface area contributed by atoms with E-state index in [9.17, 15) is 9.59 Å². The summed E-state index contributed by atoms with van der Waals surface area (Å²) < 4.78 is 1.52. The molecule has 5 nitrogen and oxygen atoms in total. The van der Waals surface area contributed by atoms with Crippen molar-refractivity contribution in [1.82, 2.24) is 9.55 Å². The second-order valence-electron chi connectivity index (χ2n) is 4.01. The largest absolute Gasteiger partial charge is 0.478 e. The van der Waals surface area contributed by atoms with Gasteiger partial charge < -0.3 is 9.67 Å². The van der Waals surface area contributed by atoms with Gasteiger partial charge in [0.2, 0.25) is 0 Å². The fourth-order valence-electron chi connectivity index (χ4n) is 1.56. The number of carboxylic acids is 1. The molecule has 0 saturated heterocycles. The molecule has 0 spiro atoms. The van der Waals surface area contributed by atoms with E-state index in [2.05, 4.69) is 4.98 Å². The van der Waals surface area contributed by atoms with E-state index >= 15 is 0 Å². The number of hydrogen-bond donors (Lipinski definition) is 1. The van der Waals surface area contributed by atoms with Gasteiger partial charge in [0.15, 0.2) is 0 Å². The predicted octanol–water partition coefficient (Wildman–Crippen LogP) is 1.30. The van der Waals surface area contributed by atoms with Gasteiger partial charge in [-0.05, 0) is 30.7 Å². The molecule has 92 valence electrons. The minimum Gasteiger partial charge on any atom is -0.478 e. The van der Waals surface area contributed by atoms with E-state index in [1.165, 1.54) is 16.8 Å². The average Bonchev–Trinajstić information content (AvgIpc) is 2.33. The number of nitrogens with zero attached hydrogens (tertiary/aromatic N) is 2. The quantitative estimate of drug-likeness (QED) is 0.883. The zero-order chi connectivity index (χ0) is 13.1. The lowest BCUT2D eigenvalue weighted by molar-refractivity contribution is 0.0696. The van der Waals surface area contributed by atoms with Crippen molar-refractivity contribution in [3.8, 4) is 0 Å².